The van der Waals surface area contributed by atoms with Crippen molar-refractivity contribution >= 4 is 24.2 Å². The van der Waals surface area contributed by atoms with Gasteiger partial charge < -0.3 is 9.72 Å². The lowest BCUT2D eigenvalue weighted by atomic mass is 9.91. The number of rotatable bonds is 0. The van der Waals surface area contributed by atoms with E-state index in [1.54, 1.807) is 0 Å². The molecule has 1 aromatic heterocycles. The number of ether oxygens (including phenoxy) is 1. The Labute approximate surface area is 90.0 Å². The average molecular weight is 197 g/mol. The predicted molar refractivity (Wildman–Crippen MR) is 61.8 cm³/mol. The number of fused-ring (bicyclic) bond motifs is 3. The second kappa shape index (κ2) is 3.14. The van der Waals surface area contributed by atoms with E-state index in [0.717, 1.165) is 17.6 Å². The summed E-state index contributed by atoms with van der Waals surface area (Å²) in [5, 5.41) is 1.25. The molecule has 1 N–H and O–H groups in total. The molecule has 0 amide bonds. The van der Waals surface area contributed by atoms with E-state index in [0.29, 0.717) is 12.5 Å². The van der Waals surface area contributed by atoms with Gasteiger partial charge in [-0.15, -0.1) is 0 Å². The normalized spacial score (nSPS) is 20.5. The Morgan fingerprint density at radius 2 is 2.33 bits per heavy atom. The molecule has 1 aromatic carbocycles. The zero-order chi connectivity index (χ0) is 10.4. The minimum Gasteiger partial charge on any atom is -0.375 e. The van der Waals surface area contributed by atoms with Crippen LogP contribution in [0.4, 0.5) is 0 Å². The molecule has 74 valence electrons. The highest BCUT2D eigenvalue weighted by Crippen LogP contribution is 2.32. The summed E-state index contributed by atoms with van der Waals surface area (Å²) in [6, 6.07) is 6.01. The fourth-order valence-corrected chi connectivity index (χ4v) is 2.38. The molecule has 1 unspecified atom stereocenters. The summed E-state index contributed by atoms with van der Waals surface area (Å²) in [6.07, 6.45) is 0. The van der Waals surface area contributed by atoms with Crippen LogP contribution in [0.15, 0.2) is 18.2 Å². The Morgan fingerprint density at radius 1 is 1.47 bits per heavy atom. The zero-order valence-corrected chi connectivity index (χ0v) is 8.71. The van der Waals surface area contributed by atoms with Crippen molar-refractivity contribution in [2.75, 3.05) is 6.61 Å². The summed E-state index contributed by atoms with van der Waals surface area (Å²) in [7, 11) is 5.82. The number of aromatic amines is 1. The smallest absolute Gasteiger partial charge is 0.113 e. The van der Waals surface area contributed by atoms with E-state index in [-0.39, 0.29) is 0 Å². The summed E-state index contributed by atoms with van der Waals surface area (Å²) in [6.45, 7) is 3.68. The number of hydrogen-bond donors (Lipinski definition) is 1. The van der Waals surface area contributed by atoms with Crippen LogP contribution in [0.2, 0.25) is 0 Å². The quantitative estimate of drug-likeness (QED) is 0.637. The van der Waals surface area contributed by atoms with Gasteiger partial charge in [-0.3, -0.25) is 0 Å². The highest BCUT2D eigenvalue weighted by molar-refractivity contribution is 6.33. The molecule has 2 aromatic rings. The molecule has 0 saturated carbocycles. The van der Waals surface area contributed by atoms with Crippen LogP contribution in [-0.2, 0) is 11.3 Å². The maximum atomic E-state index is 5.82. The van der Waals surface area contributed by atoms with Crippen LogP contribution in [0.5, 0.6) is 0 Å². The highest BCUT2D eigenvalue weighted by Gasteiger charge is 2.21. The van der Waals surface area contributed by atoms with Gasteiger partial charge in [-0.05, 0) is 11.6 Å². The van der Waals surface area contributed by atoms with Crippen molar-refractivity contribution in [1.82, 2.24) is 4.98 Å². The number of hydrogen-bond acceptors (Lipinski definition) is 1. The fraction of sp³-hybridized carbons (Fsp3) is 0.333. The Morgan fingerprint density at radius 3 is 3.20 bits per heavy atom. The van der Waals surface area contributed by atoms with Gasteiger partial charge in [-0.25, -0.2) is 0 Å². The average Bonchev–Trinajstić information content (AvgIpc) is 2.57. The molecular weight excluding hydrogens is 185 g/mol. The molecule has 3 rings (SSSR count). The summed E-state index contributed by atoms with van der Waals surface area (Å²) in [4.78, 5) is 3.39. The van der Waals surface area contributed by atoms with E-state index >= 15 is 0 Å². The van der Waals surface area contributed by atoms with E-state index in [4.69, 9.17) is 12.6 Å². The van der Waals surface area contributed by atoms with Gasteiger partial charge in [0.05, 0.1) is 13.2 Å². The molecule has 0 fully saturated rings. The first-order valence-corrected chi connectivity index (χ1v) is 5.23. The summed E-state index contributed by atoms with van der Waals surface area (Å²) >= 11 is 0. The van der Waals surface area contributed by atoms with E-state index in [9.17, 15) is 0 Å². The number of nitrogens with one attached hydrogen (secondary N) is 1. The Kier molecular flexibility index (Phi) is 1.89. The summed E-state index contributed by atoms with van der Waals surface area (Å²) in [5.41, 5.74) is 4.56. The summed E-state index contributed by atoms with van der Waals surface area (Å²) < 4.78 is 5.51. The number of H-pyrrole nitrogens is 1. The lowest BCUT2D eigenvalue weighted by molar-refractivity contribution is 0.0934. The fourth-order valence-electron chi connectivity index (χ4n) is 2.38. The topological polar surface area (TPSA) is 25.0 Å². The minimum atomic E-state index is 0.448. The van der Waals surface area contributed by atoms with E-state index in [1.165, 1.54) is 16.6 Å². The lowest BCUT2D eigenvalue weighted by Gasteiger charge is -2.19. The molecule has 0 aliphatic carbocycles. The second-order valence-corrected chi connectivity index (χ2v) is 4.24. The van der Waals surface area contributed by atoms with Gasteiger partial charge in [0.2, 0.25) is 0 Å². The molecule has 2 radical (unpaired) electrons. The van der Waals surface area contributed by atoms with Crippen molar-refractivity contribution in [3.63, 3.8) is 0 Å². The third-order valence-corrected chi connectivity index (χ3v) is 3.05. The van der Waals surface area contributed by atoms with Gasteiger partial charge in [0, 0.05) is 22.5 Å². The van der Waals surface area contributed by atoms with Crippen LogP contribution in [0.3, 0.4) is 0 Å². The third kappa shape index (κ3) is 1.30. The molecule has 1 aliphatic heterocycles. The molecule has 0 bridgehead atoms. The number of aromatic nitrogens is 1. The van der Waals surface area contributed by atoms with Crippen LogP contribution in [-0.4, -0.2) is 19.4 Å². The van der Waals surface area contributed by atoms with Crippen LogP contribution >= 0.6 is 0 Å². The van der Waals surface area contributed by atoms with Gasteiger partial charge in [0.25, 0.3) is 0 Å². The van der Waals surface area contributed by atoms with Crippen LogP contribution in [0.25, 0.3) is 10.9 Å². The second-order valence-electron chi connectivity index (χ2n) is 4.24. The molecule has 3 heteroatoms. The molecule has 0 spiro atoms. The molecule has 1 aliphatic rings. The molecule has 15 heavy (non-hydrogen) atoms. The molecule has 2 nitrogen and oxygen atoms in total. The van der Waals surface area contributed by atoms with Gasteiger partial charge in [0.15, 0.2) is 0 Å². The van der Waals surface area contributed by atoms with Crippen LogP contribution in [0, 0.1) is 0 Å². The number of benzene rings is 1. The first-order chi connectivity index (χ1) is 7.25. The summed E-state index contributed by atoms with van der Waals surface area (Å²) in [5.74, 6) is 0.448. The standard InChI is InChI=1S/C12H12BNO/c1-7-5-15-6-11-12(7)9-4-8(13)2-3-10(9)14-11/h2-4,7,14H,5-6H2,1H3. The first kappa shape index (κ1) is 9.04. The van der Waals surface area contributed by atoms with Gasteiger partial charge in [0.1, 0.15) is 7.85 Å². The van der Waals surface area contributed by atoms with Crippen molar-refractivity contribution in [3.05, 3.63) is 29.5 Å². The maximum Gasteiger partial charge on any atom is 0.113 e. The molecule has 1 atom stereocenters. The first-order valence-electron chi connectivity index (χ1n) is 5.23. The molecule has 0 saturated heterocycles. The SMILES string of the molecule is [B]c1ccc2[nH]c3c(c2c1)C(C)COC3. The molecule has 2 heterocycles. The van der Waals surface area contributed by atoms with Crippen molar-refractivity contribution < 1.29 is 4.74 Å². The van der Waals surface area contributed by atoms with E-state index in [2.05, 4.69) is 11.9 Å². The van der Waals surface area contributed by atoms with Crippen molar-refractivity contribution in [3.8, 4) is 0 Å². The van der Waals surface area contributed by atoms with E-state index in [1.807, 2.05) is 18.2 Å². The Hall–Kier alpha value is -1.22. The highest BCUT2D eigenvalue weighted by atomic mass is 16.5. The maximum absolute atomic E-state index is 5.82. The zero-order valence-electron chi connectivity index (χ0n) is 8.71. The van der Waals surface area contributed by atoms with Gasteiger partial charge >= 0.3 is 0 Å². The van der Waals surface area contributed by atoms with Crippen LogP contribution in [0.1, 0.15) is 24.1 Å². The van der Waals surface area contributed by atoms with Crippen LogP contribution < -0.4 is 5.46 Å². The minimum absolute atomic E-state index is 0.448. The van der Waals surface area contributed by atoms with E-state index < -0.39 is 0 Å². The van der Waals surface area contributed by atoms with Crippen molar-refractivity contribution in [2.45, 2.75) is 19.4 Å². The Bertz CT molecular complexity index is 518. The monoisotopic (exact) mass is 197 g/mol. The molecular formula is C12H12BNO. The lowest BCUT2D eigenvalue weighted by Crippen LogP contribution is -2.13. The third-order valence-electron chi connectivity index (χ3n) is 3.05. The largest absolute Gasteiger partial charge is 0.375 e. The predicted octanol–water partition coefficient (Wildman–Crippen LogP) is 1.60. The van der Waals surface area contributed by atoms with Gasteiger partial charge in [-0.1, -0.05) is 24.5 Å². The van der Waals surface area contributed by atoms with Crippen molar-refractivity contribution in [1.29, 1.82) is 0 Å². The Balaban J connectivity index is 2.33. The van der Waals surface area contributed by atoms with Gasteiger partial charge in [-0.2, -0.15) is 0 Å². The van der Waals surface area contributed by atoms with Crippen molar-refractivity contribution in [2.24, 2.45) is 0 Å².